The van der Waals surface area contributed by atoms with Crippen molar-refractivity contribution in [2.24, 2.45) is 5.73 Å². The van der Waals surface area contributed by atoms with Gasteiger partial charge in [-0.3, -0.25) is 4.79 Å². The van der Waals surface area contributed by atoms with Crippen LogP contribution in [0.5, 0.6) is 0 Å². The van der Waals surface area contributed by atoms with E-state index in [9.17, 15) is 4.79 Å². The molecule has 0 rings (SSSR count). The molecule has 4 nitrogen and oxygen atoms in total. The van der Waals surface area contributed by atoms with E-state index < -0.39 is 0 Å². The fraction of sp³-hybridized carbons (Fsp3) is 0.900. The van der Waals surface area contributed by atoms with E-state index in [1.165, 1.54) is 0 Å². The van der Waals surface area contributed by atoms with Gasteiger partial charge in [-0.1, -0.05) is 13.3 Å². The fourth-order valence-electron chi connectivity index (χ4n) is 0.976. The second-order valence-electron chi connectivity index (χ2n) is 3.50. The molecule has 0 aromatic heterocycles. The summed E-state index contributed by atoms with van der Waals surface area (Å²) in [5, 5.41) is 2.75. The Labute approximate surface area is 86.2 Å². The molecule has 0 fully saturated rings. The summed E-state index contributed by atoms with van der Waals surface area (Å²) in [6.45, 7) is 5.88. The third-order valence-electron chi connectivity index (χ3n) is 1.72. The van der Waals surface area contributed by atoms with Crippen molar-refractivity contribution in [1.82, 2.24) is 5.32 Å². The van der Waals surface area contributed by atoms with E-state index in [-0.39, 0.29) is 11.9 Å². The van der Waals surface area contributed by atoms with Gasteiger partial charge < -0.3 is 15.8 Å². The molecule has 1 amide bonds. The van der Waals surface area contributed by atoms with E-state index in [2.05, 4.69) is 12.2 Å². The molecule has 4 heteroatoms. The van der Waals surface area contributed by atoms with Crippen molar-refractivity contribution in [3.05, 3.63) is 0 Å². The Morgan fingerprint density at radius 3 is 2.79 bits per heavy atom. The molecule has 0 saturated heterocycles. The fourth-order valence-corrected chi connectivity index (χ4v) is 0.976. The summed E-state index contributed by atoms with van der Waals surface area (Å²) in [7, 11) is 0. The van der Waals surface area contributed by atoms with E-state index in [1.54, 1.807) is 0 Å². The predicted octanol–water partition coefficient (Wildman–Crippen LogP) is 0.657. The largest absolute Gasteiger partial charge is 0.380 e. The Bertz CT molecular complexity index is 149. The van der Waals surface area contributed by atoms with Crippen molar-refractivity contribution in [1.29, 1.82) is 0 Å². The van der Waals surface area contributed by atoms with E-state index in [0.29, 0.717) is 19.6 Å². The number of ether oxygens (including phenoxy) is 1. The minimum Gasteiger partial charge on any atom is -0.380 e. The third kappa shape index (κ3) is 9.48. The first-order chi connectivity index (χ1) is 6.66. The summed E-state index contributed by atoms with van der Waals surface area (Å²) in [5.74, 6) is -0.000841. The Kier molecular flexibility index (Phi) is 8.57. The van der Waals surface area contributed by atoms with Crippen molar-refractivity contribution >= 4 is 5.91 Å². The van der Waals surface area contributed by atoms with Crippen LogP contribution in [0.1, 0.15) is 33.1 Å². The maximum atomic E-state index is 11.1. The predicted molar refractivity (Wildman–Crippen MR) is 57.0 cm³/mol. The van der Waals surface area contributed by atoms with Crippen LogP contribution in [-0.2, 0) is 9.53 Å². The van der Waals surface area contributed by atoms with Crippen LogP contribution in [-0.4, -0.2) is 31.7 Å². The average Bonchev–Trinajstić information content (AvgIpc) is 2.10. The first-order valence-electron chi connectivity index (χ1n) is 5.26. The molecule has 0 spiro atoms. The Morgan fingerprint density at radius 2 is 2.21 bits per heavy atom. The summed E-state index contributed by atoms with van der Waals surface area (Å²) in [6, 6.07) is -0.0731. The monoisotopic (exact) mass is 202 g/mol. The van der Waals surface area contributed by atoms with Crippen LogP contribution in [0.2, 0.25) is 0 Å². The average molecular weight is 202 g/mol. The zero-order valence-electron chi connectivity index (χ0n) is 9.21. The molecule has 84 valence electrons. The van der Waals surface area contributed by atoms with Crippen LogP contribution >= 0.6 is 0 Å². The molecule has 0 saturated carbocycles. The molecular formula is C10H22N2O2. The van der Waals surface area contributed by atoms with Gasteiger partial charge in [0.05, 0.1) is 6.61 Å². The van der Waals surface area contributed by atoms with Crippen LogP contribution in [0.15, 0.2) is 0 Å². The summed E-state index contributed by atoms with van der Waals surface area (Å²) < 4.78 is 5.28. The van der Waals surface area contributed by atoms with Crippen LogP contribution in [0.3, 0.4) is 0 Å². The lowest BCUT2D eigenvalue weighted by atomic mass is 10.2. The number of carbonyl (C=O) groups is 1. The maximum absolute atomic E-state index is 11.1. The van der Waals surface area contributed by atoms with Gasteiger partial charge in [0.1, 0.15) is 0 Å². The molecule has 1 atom stereocenters. The smallest absolute Gasteiger partial charge is 0.221 e. The van der Waals surface area contributed by atoms with Crippen LogP contribution in [0.25, 0.3) is 0 Å². The highest BCUT2D eigenvalue weighted by atomic mass is 16.5. The summed E-state index contributed by atoms with van der Waals surface area (Å²) >= 11 is 0. The summed E-state index contributed by atoms with van der Waals surface area (Å²) in [4.78, 5) is 11.1. The minimum absolute atomic E-state index is 0.000841. The number of rotatable bonds is 8. The minimum atomic E-state index is -0.0731. The van der Waals surface area contributed by atoms with Crippen molar-refractivity contribution in [3.8, 4) is 0 Å². The van der Waals surface area contributed by atoms with Crippen LogP contribution in [0.4, 0.5) is 0 Å². The lowest BCUT2D eigenvalue weighted by molar-refractivity contribution is -0.121. The van der Waals surface area contributed by atoms with Crippen molar-refractivity contribution < 1.29 is 9.53 Å². The molecule has 0 aromatic rings. The van der Waals surface area contributed by atoms with Gasteiger partial charge in [-0.15, -0.1) is 0 Å². The molecular weight excluding hydrogens is 180 g/mol. The zero-order chi connectivity index (χ0) is 10.8. The van der Waals surface area contributed by atoms with E-state index in [1.807, 2.05) is 6.92 Å². The summed E-state index contributed by atoms with van der Waals surface area (Å²) in [6.07, 6.45) is 2.60. The first-order valence-corrected chi connectivity index (χ1v) is 5.26. The number of unbranched alkanes of at least 4 members (excludes halogenated alkanes) is 1. The van der Waals surface area contributed by atoms with Gasteiger partial charge in [-0.2, -0.15) is 0 Å². The highest BCUT2D eigenvalue weighted by Gasteiger charge is 2.02. The molecule has 0 aliphatic heterocycles. The van der Waals surface area contributed by atoms with Gasteiger partial charge >= 0.3 is 0 Å². The molecule has 0 radical (unpaired) electrons. The molecule has 0 aromatic carbocycles. The maximum Gasteiger partial charge on any atom is 0.221 e. The van der Waals surface area contributed by atoms with Gasteiger partial charge in [0.15, 0.2) is 0 Å². The Hall–Kier alpha value is -0.610. The Balaban J connectivity index is 3.15. The molecule has 0 heterocycles. The van der Waals surface area contributed by atoms with E-state index in [0.717, 1.165) is 19.4 Å². The first kappa shape index (κ1) is 13.4. The highest BCUT2D eigenvalue weighted by molar-refractivity contribution is 5.76. The van der Waals surface area contributed by atoms with E-state index >= 15 is 0 Å². The molecule has 1 unspecified atom stereocenters. The van der Waals surface area contributed by atoms with Crippen LogP contribution in [0, 0.1) is 0 Å². The number of nitrogens with one attached hydrogen (secondary N) is 1. The second-order valence-corrected chi connectivity index (χ2v) is 3.50. The quantitative estimate of drug-likeness (QED) is 0.568. The molecule has 0 bridgehead atoms. The number of amides is 1. The Morgan fingerprint density at radius 1 is 1.50 bits per heavy atom. The van der Waals surface area contributed by atoms with Crippen molar-refractivity contribution in [3.63, 3.8) is 0 Å². The molecule has 14 heavy (non-hydrogen) atoms. The molecule has 3 N–H and O–H groups in total. The van der Waals surface area contributed by atoms with Gasteiger partial charge in [0.2, 0.25) is 5.91 Å². The number of nitrogens with two attached hydrogens (primary N) is 1. The third-order valence-corrected chi connectivity index (χ3v) is 1.72. The normalized spacial score (nSPS) is 12.5. The number of carbonyl (C=O) groups excluding carboxylic acids is 1. The zero-order valence-corrected chi connectivity index (χ0v) is 9.21. The lowest BCUT2D eigenvalue weighted by Gasteiger charge is -2.07. The standard InChI is InChI=1S/C10H22N2O2/c1-3-4-6-14-7-5-12-10(13)8-9(2)11/h9H,3-8,11H2,1-2H3,(H,12,13). The van der Waals surface area contributed by atoms with E-state index in [4.69, 9.17) is 10.5 Å². The van der Waals surface area contributed by atoms with Crippen molar-refractivity contribution in [2.75, 3.05) is 19.8 Å². The lowest BCUT2D eigenvalue weighted by Crippen LogP contribution is -2.32. The summed E-state index contributed by atoms with van der Waals surface area (Å²) in [5.41, 5.74) is 5.47. The molecule has 0 aliphatic rings. The second kappa shape index (κ2) is 8.97. The van der Waals surface area contributed by atoms with Gasteiger partial charge in [-0.25, -0.2) is 0 Å². The number of hydrogen-bond donors (Lipinski definition) is 2. The van der Waals surface area contributed by atoms with Gasteiger partial charge in [0, 0.05) is 25.6 Å². The van der Waals surface area contributed by atoms with Crippen molar-refractivity contribution in [2.45, 2.75) is 39.2 Å². The number of hydrogen-bond acceptors (Lipinski definition) is 3. The van der Waals surface area contributed by atoms with Crippen LogP contribution < -0.4 is 11.1 Å². The SMILES string of the molecule is CCCCOCCNC(=O)CC(C)N. The van der Waals surface area contributed by atoms with Gasteiger partial charge in [-0.05, 0) is 13.3 Å². The highest BCUT2D eigenvalue weighted by Crippen LogP contribution is 1.87. The molecule has 0 aliphatic carbocycles. The topological polar surface area (TPSA) is 64.3 Å². The van der Waals surface area contributed by atoms with Gasteiger partial charge in [0.25, 0.3) is 0 Å².